The van der Waals surface area contributed by atoms with Gasteiger partial charge in [-0.3, -0.25) is 0 Å². The molecule has 0 unspecified atom stereocenters. The summed E-state index contributed by atoms with van der Waals surface area (Å²) >= 11 is 1.88. The van der Waals surface area contributed by atoms with Gasteiger partial charge in [0, 0.05) is 37.0 Å². The second kappa shape index (κ2) is 16.5. The third-order valence-electron chi connectivity index (χ3n) is 15.8. The zero-order valence-corrected chi connectivity index (χ0v) is 41.0. The van der Waals surface area contributed by atoms with E-state index in [1.165, 1.54) is 115 Å². The molecule has 2 aliphatic rings. The van der Waals surface area contributed by atoms with Crippen LogP contribution in [-0.2, 0) is 10.8 Å². The molecule has 12 aromatic rings. The zero-order valence-electron chi connectivity index (χ0n) is 40.2. The molecule has 0 amide bonds. The van der Waals surface area contributed by atoms with Crippen molar-refractivity contribution in [1.82, 2.24) is 0 Å². The molecule has 2 aliphatic carbocycles. The van der Waals surface area contributed by atoms with Crippen LogP contribution in [0.2, 0.25) is 0 Å². The van der Waals surface area contributed by atoms with Gasteiger partial charge in [-0.05, 0) is 131 Å². The van der Waals surface area contributed by atoms with Gasteiger partial charge in [0.25, 0.3) is 0 Å². The minimum atomic E-state index is -0.411. The van der Waals surface area contributed by atoms with Gasteiger partial charge < -0.3 is 4.90 Å². The van der Waals surface area contributed by atoms with E-state index < -0.39 is 5.41 Å². The second-order valence-electron chi connectivity index (χ2n) is 19.9. The number of hydrogen-bond acceptors (Lipinski definition) is 2. The Morgan fingerprint density at radius 2 is 0.861 bits per heavy atom. The van der Waals surface area contributed by atoms with Crippen LogP contribution in [0.1, 0.15) is 47.2 Å². The van der Waals surface area contributed by atoms with Crippen molar-refractivity contribution in [2.45, 2.75) is 24.7 Å². The maximum atomic E-state index is 2.49. The lowest BCUT2D eigenvalue weighted by atomic mass is 9.67. The molecule has 11 aromatic carbocycles. The molecule has 0 atom stereocenters. The highest BCUT2D eigenvalue weighted by molar-refractivity contribution is 7.26. The predicted molar refractivity (Wildman–Crippen MR) is 305 cm³/mol. The van der Waals surface area contributed by atoms with Crippen molar-refractivity contribution in [3.05, 3.63) is 294 Å². The van der Waals surface area contributed by atoms with Gasteiger partial charge in [-0.2, -0.15) is 0 Å². The van der Waals surface area contributed by atoms with E-state index in [0.717, 1.165) is 11.4 Å². The molecular weight excluding hydrogens is 887 g/mol. The first-order chi connectivity index (χ1) is 35.5. The first-order valence-electron chi connectivity index (χ1n) is 25.1. The number of thiophene rings is 1. The van der Waals surface area contributed by atoms with Crippen molar-refractivity contribution in [3.63, 3.8) is 0 Å². The monoisotopic (exact) mass is 935 g/mol. The number of rotatable bonds is 8. The number of anilines is 3. The lowest BCUT2D eigenvalue weighted by Crippen LogP contribution is -2.28. The van der Waals surface area contributed by atoms with Gasteiger partial charge in [-0.25, -0.2) is 0 Å². The Kier molecular flexibility index (Phi) is 9.71. The SMILES string of the molecule is CC1(C)c2ccccc2-c2cccc(N(c3ccc(-c4cccc5c4sc4ccccc45)cc3)c3cccc(-c4ccc(-c5ccc6c(c5)-c5ccccc5C6(c5ccccc5)c5ccccc5)cc4)c3)c21. The van der Waals surface area contributed by atoms with Crippen LogP contribution in [0.5, 0.6) is 0 Å². The van der Waals surface area contributed by atoms with Gasteiger partial charge in [0.05, 0.1) is 11.1 Å². The second-order valence-corrected chi connectivity index (χ2v) is 21.0. The fourth-order valence-corrected chi connectivity index (χ4v) is 13.7. The normalized spacial score (nSPS) is 13.6. The number of benzene rings is 11. The summed E-state index contributed by atoms with van der Waals surface area (Å²) in [5, 5.41) is 2.64. The van der Waals surface area contributed by atoms with Crippen LogP contribution < -0.4 is 4.90 Å². The van der Waals surface area contributed by atoms with E-state index in [0.29, 0.717) is 0 Å². The highest BCUT2D eigenvalue weighted by Gasteiger charge is 2.46. The lowest BCUT2D eigenvalue weighted by Gasteiger charge is -2.33. The predicted octanol–water partition coefficient (Wildman–Crippen LogP) is 19.2. The van der Waals surface area contributed by atoms with Gasteiger partial charge in [-0.15, -0.1) is 11.3 Å². The molecule has 0 spiro atoms. The van der Waals surface area contributed by atoms with Crippen LogP contribution in [0.15, 0.2) is 261 Å². The van der Waals surface area contributed by atoms with Crippen molar-refractivity contribution in [3.8, 4) is 55.6 Å². The van der Waals surface area contributed by atoms with E-state index in [1.54, 1.807) is 0 Å². The summed E-state index contributed by atoms with van der Waals surface area (Å²) in [4.78, 5) is 2.49. The standard InChI is InChI=1S/C70H49NS/c1-69(2)62-30-12-9-24-56(62)59-28-17-32-65(67(59)69)71(53-41-38-48(39-42-53)55-27-16-29-60-58-26-11-14-33-66(58)72-68(55)60)54-23-15-18-49(44-54)46-34-36-47(37-35-46)50-40-43-64-61(45-50)57-25-10-13-31-63(57)70(64,51-19-5-3-6-20-51)52-21-7-4-8-22-52/h3-45H,1-2H3. The van der Waals surface area contributed by atoms with Crippen LogP contribution in [0.25, 0.3) is 75.8 Å². The highest BCUT2D eigenvalue weighted by Crippen LogP contribution is 2.57. The molecule has 14 rings (SSSR count). The van der Waals surface area contributed by atoms with E-state index in [9.17, 15) is 0 Å². The third-order valence-corrected chi connectivity index (χ3v) is 17.0. The maximum absolute atomic E-state index is 2.49. The lowest BCUT2D eigenvalue weighted by molar-refractivity contribution is 0.661. The summed E-state index contributed by atoms with van der Waals surface area (Å²) in [6.45, 7) is 4.77. The molecule has 0 bridgehead atoms. The molecule has 1 heterocycles. The van der Waals surface area contributed by atoms with Crippen molar-refractivity contribution in [2.24, 2.45) is 0 Å². The van der Waals surface area contributed by atoms with Crippen molar-refractivity contribution >= 4 is 48.6 Å². The molecule has 0 saturated carbocycles. The molecule has 0 fully saturated rings. The van der Waals surface area contributed by atoms with Crippen LogP contribution in [0.4, 0.5) is 17.1 Å². The van der Waals surface area contributed by atoms with Gasteiger partial charge in [0.15, 0.2) is 0 Å². The molecular formula is C70H49NS. The van der Waals surface area contributed by atoms with Gasteiger partial charge >= 0.3 is 0 Å². The fourth-order valence-electron chi connectivity index (χ4n) is 12.5. The summed E-state index contributed by atoms with van der Waals surface area (Å²) in [7, 11) is 0. The van der Waals surface area contributed by atoms with E-state index in [-0.39, 0.29) is 5.41 Å². The van der Waals surface area contributed by atoms with Crippen molar-refractivity contribution in [1.29, 1.82) is 0 Å². The highest BCUT2D eigenvalue weighted by atomic mass is 32.1. The number of hydrogen-bond donors (Lipinski definition) is 0. The third kappa shape index (κ3) is 6.39. The molecule has 0 saturated heterocycles. The summed E-state index contributed by atoms with van der Waals surface area (Å²) in [6.07, 6.45) is 0. The zero-order chi connectivity index (χ0) is 48.0. The first-order valence-corrected chi connectivity index (χ1v) is 25.9. The average molecular weight is 936 g/mol. The molecule has 0 aliphatic heterocycles. The first kappa shape index (κ1) is 42.3. The van der Waals surface area contributed by atoms with Gasteiger partial charge in [-0.1, -0.05) is 232 Å². The Bertz CT molecular complexity index is 4010. The van der Waals surface area contributed by atoms with Crippen molar-refractivity contribution in [2.75, 3.05) is 4.90 Å². The molecule has 72 heavy (non-hydrogen) atoms. The summed E-state index contributed by atoms with van der Waals surface area (Å²) in [6, 6.07) is 97.0. The molecule has 340 valence electrons. The van der Waals surface area contributed by atoms with Crippen LogP contribution >= 0.6 is 11.3 Å². The average Bonchev–Trinajstić information content (AvgIpc) is 4.06. The molecule has 2 heteroatoms. The fraction of sp³-hybridized carbons (Fsp3) is 0.0571. The molecule has 1 nitrogen and oxygen atoms in total. The number of nitrogens with zero attached hydrogens (tertiary/aromatic N) is 1. The quantitative estimate of drug-likeness (QED) is 0.147. The van der Waals surface area contributed by atoms with Crippen LogP contribution in [0.3, 0.4) is 0 Å². The van der Waals surface area contributed by atoms with E-state index in [2.05, 4.69) is 280 Å². The molecule has 0 radical (unpaired) electrons. The summed E-state index contributed by atoms with van der Waals surface area (Å²) in [5.74, 6) is 0. The van der Waals surface area contributed by atoms with E-state index in [1.807, 2.05) is 11.3 Å². The maximum Gasteiger partial charge on any atom is 0.0713 e. The largest absolute Gasteiger partial charge is 0.310 e. The number of fused-ring (bicyclic) bond motifs is 9. The van der Waals surface area contributed by atoms with Gasteiger partial charge in [0.2, 0.25) is 0 Å². The Hall–Kier alpha value is -8.56. The van der Waals surface area contributed by atoms with E-state index >= 15 is 0 Å². The molecule has 1 aromatic heterocycles. The Morgan fingerprint density at radius 3 is 1.60 bits per heavy atom. The topological polar surface area (TPSA) is 3.24 Å². The Labute approximate surface area is 425 Å². The van der Waals surface area contributed by atoms with Crippen molar-refractivity contribution < 1.29 is 0 Å². The Balaban J connectivity index is 0.855. The molecule has 0 N–H and O–H groups in total. The smallest absolute Gasteiger partial charge is 0.0713 e. The minimum Gasteiger partial charge on any atom is -0.310 e. The van der Waals surface area contributed by atoms with E-state index in [4.69, 9.17) is 0 Å². The van der Waals surface area contributed by atoms with Gasteiger partial charge in [0.1, 0.15) is 0 Å². The minimum absolute atomic E-state index is 0.199. The summed E-state index contributed by atoms with van der Waals surface area (Å²) < 4.78 is 2.65. The van der Waals surface area contributed by atoms with Crippen LogP contribution in [0, 0.1) is 0 Å². The Morgan fingerprint density at radius 1 is 0.333 bits per heavy atom. The van der Waals surface area contributed by atoms with Crippen LogP contribution in [-0.4, -0.2) is 0 Å². The summed E-state index contributed by atoms with van der Waals surface area (Å²) in [5.41, 5.74) is 23.2.